The third-order valence-electron chi connectivity index (χ3n) is 3.29. The van der Waals surface area contributed by atoms with E-state index >= 15 is 0 Å². The predicted molar refractivity (Wildman–Crippen MR) is 90.8 cm³/mol. The van der Waals surface area contributed by atoms with Gasteiger partial charge in [0.2, 0.25) is 5.91 Å². The lowest BCUT2D eigenvalue weighted by molar-refractivity contribution is -0.117. The molecule has 1 atom stereocenters. The van der Waals surface area contributed by atoms with Gasteiger partial charge >= 0.3 is 0 Å². The van der Waals surface area contributed by atoms with Crippen molar-refractivity contribution >= 4 is 11.6 Å². The summed E-state index contributed by atoms with van der Waals surface area (Å²) in [6.07, 6.45) is 0.880. The summed E-state index contributed by atoms with van der Waals surface area (Å²) in [5, 5.41) is 2.73. The molecule has 0 saturated heterocycles. The van der Waals surface area contributed by atoms with Crippen molar-refractivity contribution in [3.63, 3.8) is 0 Å². The maximum atomic E-state index is 11.5. The third kappa shape index (κ3) is 5.39. The zero-order valence-corrected chi connectivity index (χ0v) is 13.4. The van der Waals surface area contributed by atoms with Crippen LogP contribution in [-0.4, -0.2) is 25.7 Å². The Bertz CT molecular complexity index is 622. The second-order valence-corrected chi connectivity index (χ2v) is 5.29. The zero-order chi connectivity index (χ0) is 16.7. The molecule has 0 spiro atoms. The highest BCUT2D eigenvalue weighted by Gasteiger charge is 2.07. The molecule has 0 fully saturated rings. The maximum Gasteiger partial charge on any atom is 0.240 e. The highest BCUT2D eigenvalue weighted by molar-refractivity contribution is 5.94. The number of carbonyl (C=O) groups excluding carboxylic acids is 1. The molecular formula is C18H22N2O3. The average Bonchev–Trinajstić information content (AvgIpc) is 2.56. The van der Waals surface area contributed by atoms with E-state index in [9.17, 15) is 4.79 Å². The molecule has 2 rings (SSSR count). The van der Waals surface area contributed by atoms with Crippen molar-refractivity contribution in [3.05, 3.63) is 54.1 Å². The van der Waals surface area contributed by atoms with Gasteiger partial charge in [-0.05, 0) is 55.3 Å². The fourth-order valence-corrected chi connectivity index (χ4v) is 1.94. The summed E-state index contributed by atoms with van der Waals surface area (Å²) in [6, 6.07) is 14.5. The van der Waals surface area contributed by atoms with Crippen LogP contribution in [0.1, 0.15) is 12.5 Å². The Morgan fingerprint density at radius 3 is 2.17 bits per heavy atom. The summed E-state index contributed by atoms with van der Waals surface area (Å²) in [5.41, 5.74) is 7.41. The van der Waals surface area contributed by atoms with Gasteiger partial charge in [-0.1, -0.05) is 12.1 Å². The Hall–Kier alpha value is -2.37. The first kappa shape index (κ1) is 17.0. The first-order valence-electron chi connectivity index (χ1n) is 7.50. The van der Waals surface area contributed by atoms with Crippen LogP contribution in [0.25, 0.3) is 0 Å². The molecule has 0 saturated carbocycles. The second-order valence-electron chi connectivity index (χ2n) is 5.29. The van der Waals surface area contributed by atoms with Crippen LogP contribution >= 0.6 is 0 Å². The van der Waals surface area contributed by atoms with E-state index in [1.807, 2.05) is 24.3 Å². The van der Waals surface area contributed by atoms with Gasteiger partial charge in [0.1, 0.15) is 11.5 Å². The summed E-state index contributed by atoms with van der Waals surface area (Å²) in [6.45, 7) is 2.35. The Balaban J connectivity index is 1.94. The lowest BCUT2D eigenvalue weighted by Gasteiger charge is -2.10. The van der Waals surface area contributed by atoms with E-state index in [0.29, 0.717) is 18.0 Å². The first-order chi connectivity index (χ1) is 11.1. The number of hydrogen-bond acceptors (Lipinski definition) is 4. The lowest BCUT2D eigenvalue weighted by atomic mass is 10.1. The Morgan fingerprint density at radius 1 is 1.09 bits per heavy atom. The highest BCUT2D eigenvalue weighted by atomic mass is 16.5. The van der Waals surface area contributed by atoms with Gasteiger partial charge in [-0.3, -0.25) is 4.79 Å². The van der Waals surface area contributed by atoms with Gasteiger partial charge in [-0.2, -0.15) is 0 Å². The van der Waals surface area contributed by atoms with Crippen LogP contribution in [0.5, 0.6) is 11.5 Å². The molecular weight excluding hydrogens is 292 g/mol. The number of nitrogens with one attached hydrogen (secondary N) is 1. The molecule has 0 radical (unpaired) electrons. The topological polar surface area (TPSA) is 73.6 Å². The maximum absolute atomic E-state index is 11.5. The first-order valence-corrected chi connectivity index (χ1v) is 7.50. The van der Waals surface area contributed by atoms with Crippen LogP contribution < -0.4 is 15.8 Å². The highest BCUT2D eigenvalue weighted by Crippen LogP contribution is 2.23. The fourth-order valence-electron chi connectivity index (χ4n) is 1.94. The van der Waals surface area contributed by atoms with Gasteiger partial charge in [-0.25, -0.2) is 0 Å². The number of ether oxygens (including phenoxy) is 2. The van der Waals surface area contributed by atoms with Crippen molar-refractivity contribution in [3.8, 4) is 11.5 Å². The molecule has 0 unspecified atom stereocenters. The zero-order valence-electron chi connectivity index (χ0n) is 13.4. The van der Waals surface area contributed by atoms with Gasteiger partial charge in [-0.15, -0.1) is 0 Å². The van der Waals surface area contributed by atoms with Crippen molar-refractivity contribution in [2.75, 3.05) is 19.0 Å². The van der Waals surface area contributed by atoms with E-state index in [4.69, 9.17) is 15.2 Å². The number of methoxy groups -OCH3 is 1. The number of rotatable bonds is 7. The summed E-state index contributed by atoms with van der Waals surface area (Å²) in [7, 11) is 1.69. The van der Waals surface area contributed by atoms with E-state index in [-0.39, 0.29) is 5.91 Å². The van der Waals surface area contributed by atoms with Crippen molar-refractivity contribution in [2.24, 2.45) is 5.73 Å². The van der Waals surface area contributed by atoms with Crippen LogP contribution in [0.3, 0.4) is 0 Å². The normalized spacial score (nSPS) is 11.8. The molecule has 23 heavy (non-hydrogen) atoms. The number of benzene rings is 2. The molecule has 3 N–H and O–H groups in total. The van der Waals surface area contributed by atoms with E-state index in [2.05, 4.69) is 5.32 Å². The molecule has 0 aliphatic heterocycles. The molecule has 0 aliphatic rings. The third-order valence-corrected chi connectivity index (χ3v) is 3.29. The average molecular weight is 314 g/mol. The molecule has 1 amide bonds. The largest absolute Gasteiger partial charge is 0.457 e. The van der Waals surface area contributed by atoms with Crippen LogP contribution in [0.4, 0.5) is 5.69 Å². The summed E-state index contributed by atoms with van der Waals surface area (Å²) >= 11 is 0. The van der Waals surface area contributed by atoms with Gasteiger partial charge in [0.25, 0.3) is 0 Å². The van der Waals surface area contributed by atoms with Gasteiger partial charge < -0.3 is 20.5 Å². The van der Waals surface area contributed by atoms with Crippen molar-refractivity contribution < 1.29 is 14.3 Å². The van der Waals surface area contributed by atoms with Crippen molar-refractivity contribution in [1.29, 1.82) is 0 Å². The quantitative estimate of drug-likeness (QED) is 0.824. The molecule has 2 aromatic rings. The van der Waals surface area contributed by atoms with E-state index < -0.39 is 6.04 Å². The molecule has 0 aliphatic carbocycles. The van der Waals surface area contributed by atoms with E-state index in [0.717, 1.165) is 12.2 Å². The minimum Gasteiger partial charge on any atom is -0.457 e. The molecule has 0 heterocycles. The SMILES string of the molecule is COCCc1ccc(Oc2ccc(NC(=O)[C@@H](C)N)cc2)cc1. The minimum absolute atomic E-state index is 0.217. The number of carbonyl (C=O) groups is 1. The number of nitrogens with two attached hydrogens (primary N) is 1. The number of hydrogen-bond donors (Lipinski definition) is 2. The molecule has 5 heteroatoms. The summed E-state index contributed by atoms with van der Waals surface area (Å²) in [4.78, 5) is 11.5. The van der Waals surface area contributed by atoms with Crippen molar-refractivity contribution in [1.82, 2.24) is 0 Å². The fraction of sp³-hybridized carbons (Fsp3) is 0.278. The smallest absolute Gasteiger partial charge is 0.240 e. The Labute approximate surface area is 136 Å². The minimum atomic E-state index is -0.539. The predicted octanol–water partition coefficient (Wildman–Crippen LogP) is 2.95. The molecule has 0 bridgehead atoms. The molecule has 2 aromatic carbocycles. The number of amides is 1. The van der Waals surface area contributed by atoms with Gasteiger partial charge in [0.05, 0.1) is 12.6 Å². The molecule has 5 nitrogen and oxygen atoms in total. The summed E-state index contributed by atoms with van der Waals surface area (Å²) < 4.78 is 10.8. The van der Waals surface area contributed by atoms with Gasteiger partial charge in [0, 0.05) is 12.8 Å². The van der Waals surface area contributed by atoms with Crippen LogP contribution in [-0.2, 0) is 16.0 Å². The van der Waals surface area contributed by atoms with E-state index in [1.54, 1.807) is 38.3 Å². The van der Waals surface area contributed by atoms with Crippen LogP contribution in [0.15, 0.2) is 48.5 Å². The summed E-state index contributed by atoms with van der Waals surface area (Å²) in [5.74, 6) is 1.25. The Kier molecular flexibility index (Phi) is 6.14. The van der Waals surface area contributed by atoms with Crippen LogP contribution in [0.2, 0.25) is 0 Å². The standard InChI is InChI=1S/C18H22N2O3/c1-13(19)18(21)20-15-5-9-17(10-6-15)23-16-7-3-14(4-8-16)11-12-22-2/h3-10,13H,11-12,19H2,1-2H3,(H,20,21)/t13-/m1/s1. The van der Waals surface area contributed by atoms with Crippen LogP contribution in [0, 0.1) is 0 Å². The number of anilines is 1. The molecule has 0 aromatic heterocycles. The van der Waals surface area contributed by atoms with E-state index in [1.165, 1.54) is 5.56 Å². The van der Waals surface area contributed by atoms with Gasteiger partial charge in [0.15, 0.2) is 0 Å². The monoisotopic (exact) mass is 314 g/mol. The van der Waals surface area contributed by atoms with Crippen molar-refractivity contribution in [2.45, 2.75) is 19.4 Å². The Morgan fingerprint density at radius 2 is 1.65 bits per heavy atom. The lowest BCUT2D eigenvalue weighted by Crippen LogP contribution is -2.32. The second kappa shape index (κ2) is 8.31. The molecule has 122 valence electrons.